The van der Waals surface area contributed by atoms with Crippen molar-refractivity contribution in [3.05, 3.63) is 62.9 Å². The van der Waals surface area contributed by atoms with E-state index < -0.39 is 5.66 Å². The molecule has 0 radical (unpaired) electrons. The van der Waals surface area contributed by atoms with Gasteiger partial charge in [-0.15, -0.1) is 0 Å². The van der Waals surface area contributed by atoms with E-state index in [0.717, 1.165) is 10.7 Å². The molecule has 3 rings (SSSR count). The van der Waals surface area contributed by atoms with E-state index in [2.05, 4.69) is 82.9 Å². The third-order valence-electron chi connectivity index (χ3n) is 5.28. The second-order valence-electron chi connectivity index (χ2n) is 7.42. The highest BCUT2D eigenvalue weighted by atomic mass is 15.3. The summed E-state index contributed by atoms with van der Waals surface area (Å²) in [5.74, 6) is 0.453. The van der Waals surface area contributed by atoms with Crippen LogP contribution in [0.25, 0.3) is 6.20 Å². The van der Waals surface area contributed by atoms with Crippen molar-refractivity contribution in [2.24, 2.45) is 4.99 Å². The van der Waals surface area contributed by atoms with E-state index in [9.17, 15) is 0 Å². The minimum Gasteiger partial charge on any atom is -0.352 e. The smallest absolute Gasteiger partial charge is 0.158 e. The van der Waals surface area contributed by atoms with Crippen LogP contribution < -0.4 is 10.7 Å². The van der Waals surface area contributed by atoms with Crippen molar-refractivity contribution >= 4 is 6.20 Å². The molecule has 1 aromatic carbocycles. The lowest BCUT2D eigenvalue weighted by Crippen LogP contribution is -2.48. The molecule has 1 aliphatic rings. The van der Waals surface area contributed by atoms with E-state index >= 15 is 0 Å². The Morgan fingerprint density at radius 2 is 1.83 bits per heavy atom. The molecule has 1 aromatic heterocycles. The average molecular weight is 321 g/mol. The molecule has 1 atom stereocenters. The second-order valence-corrected chi connectivity index (χ2v) is 7.42. The minimum absolute atomic E-state index is 0.434. The molecule has 0 N–H and O–H groups in total. The third-order valence-corrected chi connectivity index (χ3v) is 5.28. The number of benzene rings is 1. The van der Waals surface area contributed by atoms with Crippen molar-refractivity contribution in [3.8, 4) is 0 Å². The van der Waals surface area contributed by atoms with Gasteiger partial charge in [-0.05, 0) is 56.4 Å². The van der Waals surface area contributed by atoms with Gasteiger partial charge in [0, 0.05) is 30.2 Å². The monoisotopic (exact) mass is 321 g/mol. The number of hydrogen-bond acceptors (Lipinski definition) is 3. The number of aromatic nitrogens is 1. The number of rotatable bonds is 2. The van der Waals surface area contributed by atoms with E-state index in [-0.39, 0.29) is 0 Å². The molecule has 0 aliphatic carbocycles. The maximum atomic E-state index is 5.10. The average Bonchev–Trinajstić information content (AvgIpc) is 2.51. The summed E-state index contributed by atoms with van der Waals surface area (Å²) >= 11 is 0. The Bertz CT molecular complexity index is 911. The van der Waals surface area contributed by atoms with Gasteiger partial charge >= 0.3 is 0 Å². The summed E-state index contributed by atoms with van der Waals surface area (Å²) in [6.07, 6.45) is 4.09. The topological polar surface area (TPSA) is 28.5 Å². The largest absolute Gasteiger partial charge is 0.352 e. The van der Waals surface area contributed by atoms with Crippen LogP contribution in [0.3, 0.4) is 0 Å². The molecule has 2 aromatic rings. The Morgan fingerprint density at radius 1 is 1.12 bits per heavy atom. The molecular formula is C21H27N3. The maximum Gasteiger partial charge on any atom is 0.158 e. The van der Waals surface area contributed by atoms with Crippen molar-refractivity contribution in [1.82, 2.24) is 9.88 Å². The summed E-state index contributed by atoms with van der Waals surface area (Å²) in [4.78, 5) is 11.9. The van der Waals surface area contributed by atoms with Crippen LogP contribution in [0.5, 0.6) is 0 Å². The van der Waals surface area contributed by atoms with Crippen molar-refractivity contribution < 1.29 is 0 Å². The van der Waals surface area contributed by atoms with Gasteiger partial charge in [0.2, 0.25) is 0 Å². The van der Waals surface area contributed by atoms with Crippen LogP contribution in [0, 0.1) is 20.8 Å². The summed E-state index contributed by atoms with van der Waals surface area (Å²) in [5.41, 5.74) is 6.85. The number of aryl methyl sites for hydroxylation is 2. The molecule has 1 unspecified atom stereocenters. The molecule has 2 heterocycles. The van der Waals surface area contributed by atoms with Gasteiger partial charge in [0.05, 0.1) is 0 Å². The fraction of sp³-hybridized carbons (Fsp3) is 0.429. The lowest BCUT2D eigenvalue weighted by molar-refractivity contribution is 0.222. The summed E-state index contributed by atoms with van der Waals surface area (Å²) in [5, 5.41) is 1.15. The molecule has 0 saturated heterocycles. The van der Waals surface area contributed by atoms with Gasteiger partial charge in [-0.1, -0.05) is 31.5 Å². The summed E-state index contributed by atoms with van der Waals surface area (Å²) < 4.78 is 0. The number of pyridine rings is 1. The lowest BCUT2D eigenvalue weighted by Gasteiger charge is -2.38. The van der Waals surface area contributed by atoms with Crippen LogP contribution in [0.1, 0.15) is 54.5 Å². The fourth-order valence-electron chi connectivity index (χ4n) is 3.59. The summed E-state index contributed by atoms with van der Waals surface area (Å²) in [6.45, 7) is 13.1. The standard InChI is InChI=1S/C21H27N3/c1-13(2)17-8-9-22-20-18(17)12-24(7)21(6,23-20)19-11-14(3)10-15(4)16(19)5/h8-13H,1-7H3. The number of nitrogens with zero attached hydrogens (tertiary/aromatic N) is 3. The highest BCUT2D eigenvalue weighted by Gasteiger charge is 2.33. The van der Waals surface area contributed by atoms with E-state index in [4.69, 9.17) is 4.99 Å². The second kappa shape index (κ2) is 5.73. The van der Waals surface area contributed by atoms with Crippen molar-refractivity contribution in [2.75, 3.05) is 7.05 Å². The van der Waals surface area contributed by atoms with Gasteiger partial charge in [-0.25, -0.2) is 9.98 Å². The SMILES string of the molecule is Cc1cc(C)c(C)c(C2(C)N=c3nccc(C(C)C)c3=CN2C)c1. The van der Waals surface area contributed by atoms with Gasteiger partial charge in [0.15, 0.2) is 11.2 Å². The molecule has 0 bridgehead atoms. The molecule has 0 amide bonds. The van der Waals surface area contributed by atoms with E-state index in [1.54, 1.807) is 0 Å². The first kappa shape index (κ1) is 16.7. The van der Waals surface area contributed by atoms with Crippen molar-refractivity contribution in [2.45, 2.75) is 53.1 Å². The molecule has 3 nitrogen and oxygen atoms in total. The molecule has 126 valence electrons. The lowest BCUT2D eigenvalue weighted by atomic mass is 9.90. The molecule has 0 fully saturated rings. The Hall–Kier alpha value is -2.16. The zero-order chi connectivity index (χ0) is 17.6. The highest BCUT2D eigenvalue weighted by Crippen LogP contribution is 2.34. The van der Waals surface area contributed by atoms with Gasteiger partial charge in [-0.3, -0.25) is 0 Å². The summed E-state index contributed by atoms with van der Waals surface area (Å²) in [7, 11) is 2.11. The van der Waals surface area contributed by atoms with Crippen LogP contribution in [0.2, 0.25) is 0 Å². The van der Waals surface area contributed by atoms with Gasteiger partial charge < -0.3 is 4.90 Å². The maximum absolute atomic E-state index is 5.10. The zero-order valence-corrected chi connectivity index (χ0v) is 15.8. The highest BCUT2D eigenvalue weighted by molar-refractivity contribution is 5.44. The normalized spacial score (nSPS) is 19.8. The Labute approximate surface area is 144 Å². The first-order valence-corrected chi connectivity index (χ1v) is 8.62. The Balaban J connectivity index is 2.30. The fourth-order valence-corrected chi connectivity index (χ4v) is 3.59. The van der Waals surface area contributed by atoms with Gasteiger partial charge in [-0.2, -0.15) is 0 Å². The number of fused-ring (bicyclic) bond motifs is 1. The van der Waals surface area contributed by atoms with Gasteiger partial charge in [0.1, 0.15) is 0 Å². The first-order valence-electron chi connectivity index (χ1n) is 8.62. The predicted octanol–water partition coefficient (Wildman–Crippen LogP) is 3.31. The van der Waals surface area contributed by atoms with Gasteiger partial charge in [0.25, 0.3) is 0 Å². The summed E-state index contributed by atoms with van der Waals surface area (Å²) in [6, 6.07) is 6.60. The van der Waals surface area contributed by atoms with E-state index in [0.29, 0.717) is 5.92 Å². The molecule has 0 spiro atoms. The molecular weight excluding hydrogens is 294 g/mol. The first-order chi connectivity index (χ1) is 11.2. The zero-order valence-electron chi connectivity index (χ0n) is 15.8. The van der Waals surface area contributed by atoms with Crippen LogP contribution in [0.15, 0.2) is 29.4 Å². The van der Waals surface area contributed by atoms with Crippen LogP contribution in [-0.4, -0.2) is 16.9 Å². The predicted molar refractivity (Wildman–Crippen MR) is 99.3 cm³/mol. The Morgan fingerprint density at radius 3 is 2.50 bits per heavy atom. The molecule has 3 heteroatoms. The molecule has 24 heavy (non-hydrogen) atoms. The van der Waals surface area contributed by atoms with E-state index in [1.807, 2.05) is 6.20 Å². The quantitative estimate of drug-likeness (QED) is 0.849. The van der Waals surface area contributed by atoms with Crippen molar-refractivity contribution in [3.63, 3.8) is 0 Å². The van der Waals surface area contributed by atoms with Crippen LogP contribution in [0.4, 0.5) is 0 Å². The molecule has 0 saturated carbocycles. The number of hydrogen-bond donors (Lipinski definition) is 0. The Kier molecular flexibility index (Phi) is 3.98. The third kappa shape index (κ3) is 2.52. The van der Waals surface area contributed by atoms with Crippen LogP contribution in [-0.2, 0) is 5.66 Å². The van der Waals surface area contributed by atoms with Crippen LogP contribution >= 0.6 is 0 Å². The minimum atomic E-state index is -0.434. The molecule has 1 aliphatic heterocycles. The van der Waals surface area contributed by atoms with E-state index in [1.165, 1.54) is 27.8 Å². The van der Waals surface area contributed by atoms with Crippen molar-refractivity contribution in [1.29, 1.82) is 0 Å².